The van der Waals surface area contributed by atoms with E-state index in [9.17, 15) is 0 Å². The highest BCUT2D eigenvalue weighted by molar-refractivity contribution is 5.38. The van der Waals surface area contributed by atoms with Crippen LogP contribution in [0.3, 0.4) is 0 Å². The molecule has 1 aromatic rings. The molecule has 0 aliphatic carbocycles. The van der Waals surface area contributed by atoms with Gasteiger partial charge in [-0.05, 0) is 17.9 Å². The summed E-state index contributed by atoms with van der Waals surface area (Å²) in [6, 6.07) is 0. The smallest absolute Gasteiger partial charge is 0.0459 e. The van der Waals surface area contributed by atoms with Crippen LogP contribution < -0.4 is 10.6 Å². The number of H-pyrrole nitrogens is 1. The van der Waals surface area contributed by atoms with Crippen LogP contribution in [0.4, 0.5) is 0 Å². The van der Waals surface area contributed by atoms with Gasteiger partial charge in [-0.1, -0.05) is 32.2 Å². The van der Waals surface area contributed by atoms with Crippen molar-refractivity contribution in [1.82, 2.24) is 4.98 Å². The van der Waals surface area contributed by atoms with E-state index in [4.69, 9.17) is 5.11 Å². The molecular weight excluding hydrogens is 174 g/mol. The van der Waals surface area contributed by atoms with E-state index in [1.165, 1.54) is 5.56 Å². The summed E-state index contributed by atoms with van der Waals surface area (Å²) in [5, 5.41) is 11.0. The number of rotatable bonds is 4. The molecule has 0 amide bonds. The summed E-state index contributed by atoms with van der Waals surface area (Å²) in [6.45, 7) is 9.80. The van der Waals surface area contributed by atoms with Crippen molar-refractivity contribution in [3.63, 3.8) is 0 Å². The Morgan fingerprint density at radius 2 is 2.36 bits per heavy atom. The lowest BCUT2D eigenvalue weighted by molar-refractivity contribution is 0.237. The van der Waals surface area contributed by atoms with Crippen LogP contribution in [-0.2, 0) is 6.42 Å². The van der Waals surface area contributed by atoms with E-state index in [1.54, 1.807) is 6.08 Å². The van der Waals surface area contributed by atoms with Crippen molar-refractivity contribution in [2.45, 2.75) is 13.3 Å². The first kappa shape index (κ1) is 10.8. The molecule has 76 valence electrons. The monoisotopic (exact) mass is 191 g/mol. The summed E-state index contributed by atoms with van der Waals surface area (Å²) >= 11 is 0. The average Bonchev–Trinajstić information content (AvgIpc) is 2.50. The Labute approximate surface area is 84.3 Å². The minimum absolute atomic E-state index is 0.213. The number of allylic oxidation sites excluding steroid dienone is 1. The van der Waals surface area contributed by atoms with Crippen molar-refractivity contribution in [3.05, 3.63) is 35.0 Å². The molecule has 1 heterocycles. The minimum atomic E-state index is 0.213. The second kappa shape index (κ2) is 4.82. The van der Waals surface area contributed by atoms with E-state index >= 15 is 0 Å². The SMILES string of the molecule is C=C/C=c1/c(CC(C)CO)c[nH]c1=C. The van der Waals surface area contributed by atoms with Crippen LogP contribution >= 0.6 is 0 Å². The normalized spacial score (nSPS) is 14.3. The van der Waals surface area contributed by atoms with Gasteiger partial charge >= 0.3 is 0 Å². The summed E-state index contributed by atoms with van der Waals surface area (Å²) in [5.74, 6) is 0.280. The van der Waals surface area contributed by atoms with Gasteiger partial charge in [0, 0.05) is 23.4 Å². The van der Waals surface area contributed by atoms with Crippen molar-refractivity contribution >= 4 is 12.7 Å². The molecule has 2 N–H and O–H groups in total. The topological polar surface area (TPSA) is 36.0 Å². The molecular formula is C12H17NO. The molecule has 0 aliphatic rings. The molecule has 0 saturated heterocycles. The van der Waals surface area contributed by atoms with E-state index in [-0.39, 0.29) is 12.5 Å². The molecule has 0 aromatic carbocycles. The summed E-state index contributed by atoms with van der Waals surface area (Å²) in [7, 11) is 0. The maximum Gasteiger partial charge on any atom is 0.0459 e. The lowest BCUT2D eigenvalue weighted by atomic mass is 10.0. The quantitative estimate of drug-likeness (QED) is 0.717. The van der Waals surface area contributed by atoms with E-state index in [2.05, 4.69) is 18.1 Å². The molecule has 2 nitrogen and oxygen atoms in total. The van der Waals surface area contributed by atoms with Gasteiger partial charge in [-0.3, -0.25) is 0 Å². The van der Waals surface area contributed by atoms with Gasteiger partial charge in [0.2, 0.25) is 0 Å². The molecule has 2 heteroatoms. The highest BCUT2D eigenvalue weighted by Crippen LogP contribution is 2.01. The van der Waals surface area contributed by atoms with Gasteiger partial charge in [0.15, 0.2) is 0 Å². The number of hydrogen-bond acceptors (Lipinski definition) is 1. The molecule has 14 heavy (non-hydrogen) atoms. The fourth-order valence-electron chi connectivity index (χ4n) is 1.46. The Bertz CT molecular complexity index is 402. The Morgan fingerprint density at radius 3 is 2.93 bits per heavy atom. The van der Waals surface area contributed by atoms with E-state index in [1.807, 2.05) is 19.2 Å². The zero-order valence-corrected chi connectivity index (χ0v) is 8.59. The van der Waals surface area contributed by atoms with Gasteiger partial charge in [-0.25, -0.2) is 0 Å². The van der Waals surface area contributed by atoms with Crippen molar-refractivity contribution in [2.24, 2.45) is 5.92 Å². The fraction of sp³-hybridized carbons (Fsp3) is 0.333. The van der Waals surface area contributed by atoms with Crippen LogP contribution in [0.15, 0.2) is 18.9 Å². The van der Waals surface area contributed by atoms with Crippen LogP contribution in [0.25, 0.3) is 12.7 Å². The maximum absolute atomic E-state index is 8.97. The number of nitrogens with one attached hydrogen (secondary N) is 1. The van der Waals surface area contributed by atoms with Crippen LogP contribution in [0.2, 0.25) is 0 Å². The first-order valence-corrected chi connectivity index (χ1v) is 4.77. The molecule has 0 aliphatic heterocycles. The summed E-state index contributed by atoms with van der Waals surface area (Å²) in [5.41, 5.74) is 1.19. The lowest BCUT2D eigenvalue weighted by Crippen LogP contribution is -2.24. The zero-order valence-electron chi connectivity index (χ0n) is 8.59. The fourth-order valence-corrected chi connectivity index (χ4v) is 1.46. The Morgan fingerprint density at radius 1 is 1.64 bits per heavy atom. The molecule has 0 radical (unpaired) electrons. The van der Waals surface area contributed by atoms with Crippen molar-refractivity contribution in [1.29, 1.82) is 0 Å². The highest BCUT2D eigenvalue weighted by atomic mass is 16.3. The van der Waals surface area contributed by atoms with Gasteiger partial charge in [-0.2, -0.15) is 0 Å². The third kappa shape index (κ3) is 2.36. The molecule has 0 bridgehead atoms. The second-order valence-corrected chi connectivity index (χ2v) is 3.60. The van der Waals surface area contributed by atoms with Gasteiger partial charge < -0.3 is 10.1 Å². The largest absolute Gasteiger partial charge is 0.396 e. The van der Waals surface area contributed by atoms with Crippen LogP contribution in [0.5, 0.6) is 0 Å². The first-order chi connectivity index (χ1) is 6.69. The van der Waals surface area contributed by atoms with E-state index in [0.717, 1.165) is 17.0 Å². The standard InChI is InChI=1S/C12H17NO/c1-4-5-12-10(3)13-7-11(12)6-9(2)8-14/h4-5,7,9,13-14H,1,3,6,8H2,2H3/b12-5+. The number of aromatic amines is 1. The minimum Gasteiger partial charge on any atom is -0.396 e. The number of hydrogen-bond donors (Lipinski definition) is 2. The Kier molecular flexibility index (Phi) is 3.72. The average molecular weight is 191 g/mol. The van der Waals surface area contributed by atoms with Crippen LogP contribution in [-0.4, -0.2) is 16.7 Å². The predicted molar refractivity (Wildman–Crippen MR) is 60.2 cm³/mol. The van der Waals surface area contributed by atoms with Crippen LogP contribution in [0, 0.1) is 5.92 Å². The molecule has 1 atom stereocenters. The number of aromatic nitrogens is 1. The van der Waals surface area contributed by atoms with Gasteiger partial charge in [0.1, 0.15) is 0 Å². The summed E-state index contributed by atoms with van der Waals surface area (Å²) in [4.78, 5) is 3.08. The highest BCUT2D eigenvalue weighted by Gasteiger charge is 2.04. The van der Waals surface area contributed by atoms with Gasteiger partial charge in [0.25, 0.3) is 0 Å². The number of aliphatic hydroxyl groups excluding tert-OH is 1. The maximum atomic E-state index is 8.97. The zero-order chi connectivity index (χ0) is 10.6. The second-order valence-electron chi connectivity index (χ2n) is 3.60. The molecule has 0 spiro atoms. The van der Waals surface area contributed by atoms with Crippen LogP contribution in [0.1, 0.15) is 12.5 Å². The third-order valence-electron chi connectivity index (χ3n) is 2.26. The molecule has 1 unspecified atom stereocenters. The Hall–Kier alpha value is -1.28. The first-order valence-electron chi connectivity index (χ1n) is 4.77. The van der Waals surface area contributed by atoms with Gasteiger partial charge in [0.05, 0.1) is 0 Å². The van der Waals surface area contributed by atoms with Crippen molar-refractivity contribution < 1.29 is 5.11 Å². The molecule has 0 saturated carbocycles. The van der Waals surface area contributed by atoms with Crippen molar-refractivity contribution in [2.75, 3.05) is 6.61 Å². The number of aliphatic hydroxyl groups is 1. The molecule has 1 aromatic heterocycles. The van der Waals surface area contributed by atoms with Gasteiger partial charge in [-0.15, -0.1) is 0 Å². The van der Waals surface area contributed by atoms with E-state index < -0.39 is 0 Å². The summed E-state index contributed by atoms with van der Waals surface area (Å²) in [6.07, 6.45) is 6.51. The van der Waals surface area contributed by atoms with E-state index in [0.29, 0.717) is 0 Å². The van der Waals surface area contributed by atoms with Crippen molar-refractivity contribution in [3.8, 4) is 0 Å². The Balaban J connectivity index is 3.04. The summed E-state index contributed by atoms with van der Waals surface area (Å²) < 4.78 is 0. The molecule has 0 fully saturated rings. The third-order valence-corrected chi connectivity index (χ3v) is 2.26. The predicted octanol–water partition coefficient (Wildman–Crippen LogP) is 0.562. The lowest BCUT2D eigenvalue weighted by Gasteiger charge is -2.04. The molecule has 1 rings (SSSR count).